The number of aliphatic hydroxyl groups excluding tert-OH is 1. The van der Waals surface area contributed by atoms with Crippen LogP contribution in [0.3, 0.4) is 0 Å². The first-order chi connectivity index (χ1) is 8.09. The normalized spacial score (nSPS) is 14.6. The monoisotopic (exact) mass is 229 g/mol. The molecule has 17 heavy (non-hydrogen) atoms. The van der Waals surface area contributed by atoms with Crippen molar-refractivity contribution in [1.29, 1.82) is 0 Å². The van der Waals surface area contributed by atoms with E-state index < -0.39 is 0 Å². The summed E-state index contributed by atoms with van der Waals surface area (Å²) >= 11 is 0. The molecule has 0 amide bonds. The molecule has 90 valence electrons. The zero-order chi connectivity index (χ0) is 12.5. The summed E-state index contributed by atoms with van der Waals surface area (Å²) in [5.41, 5.74) is 3.08. The second-order valence-electron chi connectivity index (χ2n) is 4.75. The zero-order valence-electron chi connectivity index (χ0n) is 10.6. The van der Waals surface area contributed by atoms with Gasteiger partial charge in [0.1, 0.15) is 0 Å². The highest BCUT2D eigenvalue weighted by Crippen LogP contribution is 2.29. The second kappa shape index (κ2) is 4.38. The molecule has 2 nitrogen and oxygen atoms in total. The van der Waals surface area contributed by atoms with E-state index in [1.807, 2.05) is 18.2 Å². The Hall–Kier alpha value is -1.54. The summed E-state index contributed by atoms with van der Waals surface area (Å²) in [6, 6.07) is 14.3. The van der Waals surface area contributed by atoms with Gasteiger partial charge in [-0.15, -0.1) is 0 Å². The lowest BCUT2D eigenvalue weighted by molar-refractivity contribution is 0.178. The fourth-order valence-corrected chi connectivity index (χ4v) is 2.54. The Morgan fingerprint density at radius 3 is 2.00 bits per heavy atom. The molecule has 1 atom stereocenters. The van der Waals surface area contributed by atoms with E-state index in [-0.39, 0.29) is 12.1 Å². The fourth-order valence-electron chi connectivity index (χ4n) is 2.54. The third-order valence-corrected chi connectivity index (χ3v) is 3.47. The number of aryl methyl sites for hydroxylation is 2. The van der Waals surface area contributed by atoms with Gasteiger partial charge in [0.25, 0.3) is 0 Å². The van der Waals surface area contributed by atoms with Gasteiger partial charge in [-0.25, -0.2) is 0 Å². The summed E-state index contributed by atoms with van der Waals surface area (Å²) in [6.07, 6.45) is 0. The molecule has 0 aliphatic heterocycles. The Labute approximate surface area is 103 Å². The Kier molecular flexibility index (Phi) is 3.07. The fraction of sp³-hybridized carbons (Fsp3) is 0.333. The molecule has 2 heteroatoms. The first-order valence-electron chi connectivity index (χ1n) is 5.91. The zero-order valence-corrected chi connectivity index (χ0v) is 10.6. The van der Waals surface area contributed by atoms with Crippen molar-refractivity contribution in [3.8, 4) is 0 Å². The lowest BCUT2D eigenvalue weighted by Gasteiger charge is -2.33. The van der Waals surface area contributed by atoms with E-state index in [9.17, 15) is 5.11 Å². The van der Waals surface area contributed by atoms with Gasteiger partial charge in [-0.2, -0.15) is 0 Å². The van der Waals surface area contributed by atoms with Crippen molar-refractivity contribution >= 4 is 0 Å². The molecule has 0 radical (unpaired) electrons. The van der Waals surface area contributed by atoms with Crippen LogP contribution in [0.1, 0.15) is 23.9 Å². The molecule has 1 heterocycles. The van der Waals surface area contributed by atoms with Crippen molar-refractivity contribution in [2.75, 3.05) is 6.61 Å². The third-order valence-electron chi connectivity index (χ3n) is 3.47. The average Bonchev–Trinajstić information content (AvgIpc) is 2.70. The number of aromatic nitrogens is 1. The van der Waals surface area contributed by atoms with Gasteiger partial charge in [0, 0.05) is 11.4 Å². The smallest absolute Gasteiger partial charge is 0.0897 e. The van der Waals surface area contributed by atoms with Crippen LogP contribution in [0.5, 0.6) is 0 Å². The topological polar surface area (TPSA) is 25.2 Å². The van der Waals surface area contributed by atoms with Crippen LogP contribution in [0.25, 0.3) is 0 Å². The van der Waals surface area contributed by atoms with Crippen molar-refractivity contribution in [1.82, 2.24) is 4.57 Å². The molecular formula is C15H19NO. The van der Waals surface area contributed by atoms with Gasteiger partial charge in [0.05, 0.1) is 12.1 Å². The van der Waals surface area contributed by atoms with E-state index in [4.69, 9.17) is 0 Å². The van der Waals surface area contributed by atoms with Crippen LogP contribution in [0.4, 0.5) is 0 Å². The first-order valence-corrected chi connectivity index (χ1v) is 5.91. The van der Waals surface area contributed by atoms with Gasteiger partial charge in [-0.3, -0.25) is 0 Å². The standard InChI is InChI=1S/C15H19NO/c1-12-9-10-13(2)16(12)15(3,11-17)14-7-5-4-6-8-14/h4-10,17H,11H2,1-3H3. The second-order valence-corrected chi connectivity index (χ2v) is 4.75. The number of hydrogen-bond donors (Lipinski definition) is 1. The Morgan fingerprint density at radius 2 is 1.53 bits per heavy atom. The number of hydrogen-bond acceptors (Lipinski definition) is 1. The minimum Gasteiger partial charge on any atom is -0.394 e. The number of benzene rings is 1. The summed E-state index contributed by atoms with van der Waals surface area (Å²) in [7, 11) is 0. The van der Waals surface area contributed by atoms with Gasteiger partial charge >= 0.3 is 0 Å². The quantitative estimate of drug-likeness (QED) is 0.860. The summed E-state index contributed by atoms with van der Waals surface area (Å²) in [5.74, 6) is 0. The highest BCUT2D eigenvalue weighted by atomic mass is 16.3. The maximum Gasteiger partial charge on any atom is 0.0897 e. The summed E-state index contributed by atoms with van der Waals surface area (Å²) in [5, 5.41) is 9.84. The van der Waals surface area contributed by atoms with Gasteiger partial charge in [0.2, 0.25) is 0 Å². The van der Waals surface area contributed by atoms with E-state index in [2.05, 4.69) is 49.6 Å². The van der Waals surface area contributed by atoms with Gasteiger partial charge < -0.3 is 9.67 Å². The van der Waals surface area contributed by atoms with Gasteiger partial charge in [-0.05, 0) is 38.5 Å². The molecule has 0 aliphatic carbocycles. The number of nitrogens with zero attached hydrogens (tertiary/aromatic N) is 1. The Morgan fingerprint density at radius 1 is 1.00 bits per heavy atom. The van der Waals surface area contributed by atoms with E-state index in [0.29, 0.717) is 0 Å². The van der Waals surface area contributed by atoms with Gasteiger partial charge in [0.15, 0.2) is 0 Å². The first kappa shape index (κ1) is 11.9. The minimum absolute atomic E-state index is 0.0906. The van der Waals surface area contributed by atoms with Gasteiger partial charge in [-0.1, -0.05) is 30.3 Å². The van der Waals surface area contributed by atoms with Crippen LogP contribution in [0.2, 0.25) is 0 Å². The molecule has 0 saturated heterocycles. The largest absolute Gasteiger partial charge is 0.394 e. The van der Waals surface area contributed by atoms with Crippen molar-refractivity contribution in [2.24, 2.45) is 0 Å². The maximum atomic E-state index is 9.84. The molecule has 1 N–H and O–H groups in total. The van der Waals surface area contributed by atoms with Crippen molar-refractivity contribution < 1.29 is 5.11 Å². The van der Waals surface area contributed by atoms with E-state index in [1.54, 1.807) is 0 Å². The molecule has 0 bridgehead atoms. The van der Waals surface area contributed by atoms with E-state index >= 15 is 0 Å². The van der Waals surface area contributed by atoms with Crippen LogP contribution in [0.15, 0.2) is 42.5 Å². The van der Waals surface area contributed by atoms with E-state index in [0.717, 1.165) is 5.56 Å². The third kappa shape index (κ3) is 1.89. The van der Waals surface area contributed by atoms with Crippen molar-refractivity contribution in [3.63, 3.8) is 0 Å². The summed E-state index contributed by atoms with van der Waals surface area (Å²) in [6.45, 7) is 6.31. The Balaban J connectivity index is 2.60. The molecule has 2 rings (SSSR count). The Bertz CT molecular complexity index is 481. The molecule has 1 aromatic heterocycles. The molecule has 2 aromatic rings. The van der Waals surface area contributed by atoms with E-state index in [1.165, 1.54) is 11.4 Å². The predicted molar refractivity (Wildman–Crippen MR) is 70.2 cm³/mol. The van der Waals surface area contributed by atoms with Crippen LogP contribution in [-0.2, 0) is 5.54 Å². The summed E-state index contributed by atoms with van der Waals surface area (Å²) in [4.78, 5) is 0. The maximum absolute atomic E-state index is 9.84. The number of aliphatic hydroxyl groups is 1. The lowest BCUT2D eigenvalue weighted by atomic mass is 9.92. The average molecular weight is 229 g/mol. The van der Waals surface area contributed by atoms with Crippen LogP contribution >= 0.6 is 0 Å². The molecular weight excluding hydrogens is 210 g/mol. The van der Waals surface area contributed by atoms with Crippen molar-refractivity contribution in [3.05, 3.63) is 59.4 Å². The highest BCUT2D eigenvalue weighted by Gasteiger charge is 2.29. The number of rotatable bonds is 3. The molecule has 0 saturated carbocycles. The lowest BCUT2D eigenvalue weighted by Crippen LogP contribution is -2.36. The SMILES string of the molecule is Cc1ccc(C)n1C(C)(CO)c1ccccc1. The van der Waals surface area contributed by atoms with Crippen molar-refractivity contribution in [2.45, 2.75) is 26.3 Å². The van der Waals surface area contributed by atoms with Crippen LogP contribution in [0, 0.1) is 13.8 Å². The molecule has 1 unspecified atom stereocenters. The molecule has 1 aromatic carbocycles. The summed E-state index contributed by atoms with van der Waals surface area (Å²) < 4.78 is 2.20. The highest BCUT2D eigenvalue weighted by molar-refractivity contribution is 5.29. The van der Waals surface area contributed by atoms with Crippen LogP contribution < -0.4 is 0 Å². The molecule has 0 spiro atoms. The minimum atomic E-state index is -0.390. The predicted octanol–water partition coefficient (Wildman–Crippen LogP) is 2.86. The van der Waals surface area contributed by atoms with Crippen LogP contribution in [-0.4, -0.2) is 16.3 Å². The molecule has 0 fully saturated rings. The molecule has 0 aliphatic rings.